The molecule has 0 aromatic carbocycles. The minimum atomic E-state index is -0.167. The summed E-state index contributed by atoms with van der Waals surface area (Å²) in [6, 6.07) is 0.145. The molecular formula is C11H21NO3. The summed E-state index contributed by atoms with van der Waals surface area (Å²) in [5.41, 5.74) is 0.0719. The maximum Gasteiger partial charge on any atom is 0.307 e. The van der Waals surface area contributed by atoms with E-state index in [1.807, 2.05) is 0 Å². The molecule has 0 aliphatic carbocycles. The number of morpholine rings is 1. The van der Waals surface area contributed by atoms with Crippen LogP contribution >= 0.6 is 0 Å². The van der Waals surface area contributed by atoms with Crippen molar-refractivity contribution >= 4 is 5.97 Å². The van der Waals surface area contributed by atoms with Gasteiger partial charge in [0.2, 0.25) is 0 Å². The molecule has 15 heavy (non-hydrogen) atoms. The molecule has 88 valence electrons. The Morgan fingerprint density at radius 2 is 2.20 bits per heavy atom. The highest BCUT2D eigenvalue weighted by atomic mass is 16.5. The zero-order chi connectivity index (χ0) is 11.5. The lowest BCUT2D eigenvalue weighted by atomic mass is 10.0. The van der Waals surface area contributed by atoms with Crippen molar-refractivity contribution in [2.45, 2.75) is 38.8 Å². The van der Waals surface area contributed by atoms with Gasteiger partial charge < -0.3 is 9.47 Å². The summed E-state index contributed by atoms with van der Waals surface area (Å²) in [6.07, 6.45) is 0.410. The quantitative estimate of drug-likeness (QED) is 0.645. The van der Waals surface area contributed by atoms with Crippen LogP contribution in [-0.4, -0.2) is 49.3 Å². The lowest BCUT2D eigenvalue weighted by Crippen LogP contribution is -2.55. The highest BCUT2D eigenvalue weighted by Gasteiger charge is 2.32. The van der Waals surface area contributed by atoms with Crippen molar-refractivity contribution in [1.29, 1.82) is 0 Å². The SMILES string of the molecule is COC(=O)CC1COCCN1C(C)(C)C. The molecule has 0 aromatic rings. The highest BCUT2D eigenvalue weighted by Crippen LogP contribution is 2.21. The van der Waals surface area contributed by atoms with Crippen LogP contribution < -0.4 is 0 Å². The van der Waals surface area contributed by atoms with Crippen LogP contribution in [0.3, 0.4) is 0 Å². The smallest absolute Gasteiger partial charge is 0.307 e. The van der Waals surface area contributed by atoms with E-state index < -0.39 is 0 Å². The van der Waals surface area contributed by atoms with Gasteiger partial charge in [0, 0.05) is 18.1 Å². The van der Waals surface area contributed by atoms with Crippen LogP contribution in [0.5, 0.6) is 0 Å². The largest absolute Gasteiger partial charge is 0.469 e. The maximum atomic E-state index is 11.2. The fourth-order valence-corrected chi connectivity index (χ4v) is 1.98. The number of methoxy groups -OCH3 is 1. The topological polar surface area (TPSA) is 38.8 Å². The van der Waals surface area contributed by atoms with Gasteiger partial charge in [-0.1, -0.05) is 0 Å². The minimum Gasteiger partial charge on any atom is -0.469 e. The van der Waals surface area contributed by atoms with E-state index in [4.69, 9.17) is 9.47 Å². The second-order valence-corrected chi connectivity index (χ2v) is 4.87. The van der Waals surface area contributed by atoms with E-state index in [1.165, 1.54) is 7.11 Å². The highest BCUT2D eigenvalue weighted by molar-refractivity contribution is 5.69. The van der Waals surface area contributed by atoms with Crippen LogP contribution in [0.1, 0.15) is 27.2 Å². The van der Waals surface area contributed by atoms with Gasteiger partial charge in [-0.3, -0.25) is 9.69 Å². The van der Waals surface area contributed by atoms with E-state index in [9.17, 15) is 4.79 Å². The van der Waals surface area contributed by atoms with Gasteiger partial charge >= 0.3 is 5.97 Å². The molecule has 0 amide bonds. The normalized spacial score (nSPS) is 23.9. The Hall–Kier alpha value is -0.610. The summed E-state index contributed by atoms with van der Waals surface area (Å²) in [6.45, 7) is 8.71. The van der Waals surface area contributed by atoms with E-state index in [2.05, 4.69) is 25.7 Å². The van der Waals surface area contributed by atoms with Crippen LogP contribution in [0.4, 0.5) is 0 Å². The van der Waals surface area contributed by atoms with Crippen molar-refractivity contribution in [3.8, 4) is 0 Å². The number of hydrogen-bond donors (Lipinski definition) is 0. The first kappa shape index (κ1) is 12.5. The number of nitrogens with zero attached hydrogens (tertiary/aromatic N) is 1. The Balaban J connectivity index is 2.62. The molecule has 1 rings (SSSR count). The van der Waals surface area contributed by atoms with Gasteiger partial charge in [0.1, 0.15) is 0 Å². The Morgan fingerprint density at radius 1 is 1.53 bits per heavy atom. The number of rotatable bonds is 2. The van der Waals surface area contributed by atoms with Crippen LogP contribution in [0, 0.1) is 0 Å². The van der Waals surface area contributed by atoms with Crippen LogP contribution in [-0.2, 0) is 14.3 Å². The van der Waals surface area contributed by atoms with Gasteiger partial charge in [-0.15, -0.1) is 0 Å². The fourth-order valence-electron chi connectivity index (χ4n) is 1.98. The van der Waals surface area contributed by atoms with Crippen molar-refractivity contribution in [2.24, 2.45) is 0 Å². The maximum absolute atomic E-state index is 11.2. The monoisotopic (exact) mass is 215 g/mol. The van der Waals surface area contributed by atoms with Gasteiger partial charge in [0.15, 0.2) is 0 Å². The molecule has 0 spiro atoms. The Kier molecular flexibility index (Phi) is 4.11. The Morgan fingerprint density at radius 3 is 2.73 bits per heavy atom. The lowest BCUT2D eigenvalue weighted by Gasteiger charge is -2.44. The van der Waals surface area contributed by atoms with E-state index >= 15 is 0 Å². The Bertz CT molecular complexity index is 222. The third-order valence-corrected chi connectivity index (χ3v) is 2.72. The first-order chi connectivity index (χ1) is 6.95. The zero-order valence-corrected chi connectivity index (χ0v) is 10.1. The van der Waals surface area contributed by atoms with E-state index in [0.29, 0.717) is 13.0 Å². The summed E-state index contributed by atoms with van der Waals surface area (Å²) < 4.78 is 10.1. The standard InChI is InChI=1S/C11H21NO3/c1-11(2,3)12-5-6-15-8-9(12)7-10(13)14-4/h9H,5-8H2,1-4H3. The van der Waals surface area contributed by atoms with Crippen LogP contribution in [0.2, 0.25) is 0 Å². The average Bonchev–Trinajstić information content (AvgIpc) is 2.17. The third kappa shape index (κ3) is 3.47. The van der Waals surface area contributed by atoms with Gasteiger partial charge in [-0.25, -0.2) is 0 Å². The predicted octanol–water partition coefficient (Wildman–Crippen LogP) is 1.05. The molecule has 0 aromatic heterocycles. The summed E-state index contributed by atoms with van der Waals surface area (Å²) in [4.78, 5) is 13.6. The molecule has 1 aliphatic rings. The molecule has 0 bridgehead atoms. The van der Waals surface area contributed by atoms with E-state index in [-0.39, 0.29) is 17.6 Å². The summed E-state index contributed by atoms with van der Waals surface area (Å²) in [7, 11) is 1.42. The first-order valence-corrected chi connectivity index (χ1v) is 5.36. The average molecular weight is 215 g/mol. The molecule has 1 saturated heterocycles. The summed E-state index contributed by atoms with van der Waals surface area (Å²) >= 11 is 0. The Labute approximate surface area is 91.5 Å². The van der Waals surface area contributed by atoms with Gasteiger partial charge in [-0.2, -0.15) is 0 Å². The van der Waals surface area contributed by atoms with Crippen LogP contribution in [0.15, 0.2) is 0 Å². The van der Waals surface area contributed by atoms with Crippen LogP contribution in [0.25, 0.3) is 0 Å². The first-order valence-electron chi connectivity index (χ1n) is 5.36. The third-order valence-electron chi connectivity index (χ3n) is 2.72. The zero-order valence-electron chi connectivity index (χ0n) is 10.1. The molecule has 0 radical (unpaired) electrons. The summed E-state index contributed by atoms with van der Waals surface area (Å²) in [5.74, 6) is -0.167. The van der Waals surface area contributed by atoms with Gasteiger partial charge in [-0.05, 0) is 20.8 Å². The molecule has 1 heterocycles. The van der Waals surface area contributed by atoms with Crippen molar-refractivity contribution in [3.63, 3.8) is 0 Å². The van der Waals surface area contributed by atoms with Crippen molar-refractivity contribution < 1.29 is 14.3 Å². The predicted molar refractivity (Wildman–Crippen MR) is 57.7 cm³/mol. The molecule has 0 N–H and O–H groups in total. The van der Waals surface area contributed by atoms with Crippen molar-refractivity contribution in [2.75, 3.05) is 26.9 Å². The number of ether oxygens (including phenoxy) is 2. The number of hydrogen-bond acceptors (Lipinski definition) is 4. The molecule has 1 atom stereocenters. The number of esters is 1. The second kappa shape index (κ2) is 4.94. The van der Waals surface area contributed by atoms with E-state index in [1.54, 1.807) is 0 Å². The number of carbonyl (C=O) groups is 1. The lowest BCUT2D eigenvalue weighted by molar-refractivity contribution is -0.145. The second-order valence-electron chi connectivity index (χ2n) is 4.87. The van der Waals surface area contributed by atoms with Crippen molar-refractivity contribution in [3.05, 3.63) is 0 Å². The fraction of sp³-hybridized carbons (Fsp3) is 0.909. The number of carbonyl (C=O) groups excluding carboxylic acids is 1. The van der Waals surface area contributed by atoms with E-state index in [0.717, 1.165) is 13.2 Å². The molecular weight excluding hydrogens is 194 g/mol. The summed E-state index contributed by atoms with van der Waals surface area (Å²) in [5, 5.41) is 0. The molecule has 4 heteroatoms. The molecule has 1 fully saturated rings. The van der Waals surface area contributed by atoms with Crippen molar-refractivity contribution in [1.82, 2.24) is 4.90 Å². The molecule has 0 saturated carbocycles. The molecule has 1 unspecified atom stereocenters. The minimum absolute atomic E-state index is 0.0719. The molecule has 4 nitrogen and oxygen atoms in total. The van der Waals surface area contributed by atoms with Gasteiger partial charge in [0.05, 0.1) is 26.7 Å². The molecule has 1 aliphatic heterocycles. The van der Waals surface area contributed by atoms with Gasteiger partial charge in [0.25, 0.3) is 0 Å².